The highest BCUT2D eigenvalue weighted by molar-refractivity contribution is 5.88. The molecule has 0 radical (unpaired) electrons. The second-order valence-electron chi connectivity index (χ2n) is 7.07. The molecular formula is C20H23N5O. The summed E-state index contributed by atoms with van der Waals surface area (Å²) in [6.45, 7) is 4.04. The molecule has 1 aliphatic rings. The molecule has 0 N–H and O–H groups in total. The maximum atomic E-state index is 12.6. The van der Waals surface area contributed by atoms with Gasteiger partial charge in [-0.3, -0.25) is 14.4 Å². The fourth-order valence-corrected chi connectivity index (χ4v) is 3.58. The molecular weight excluding hydrogens is 326 g/mol. The van der Waals surface area contributed by atoms with Crippen LogP contribution in [0, 0.1) is 0 Å². The topological polar surface area (TPSA) is 63.9 Å². The number of carbonyl (C=O) groups is 1. The Morgan fingerprint density at radius 3 is 2.69 bits per heavy atom. The highest BCUT2D eigenvalue weighted by atomic mass is 16.1. The first-order valence-corrected chi connectivity index (χ1v) is 9.12. The maximum absolute atomic E-state index is 12.6. The third-order valence-corrected chi connectivity index (χ3v) is 5.18. The molecule has 0 spiro atoms. The van der Waals surface area contributed by atoms with Crippen molar-refractivity contribution in [2.24, 2.45) is 7.05 Å². The van der Waals surface area contributed by atoms with Crippen molar-refractivity contribution in [3.8, 4) is 11.1 Å². The second kappa shape index (κ2) is 6.96. The SMILES string of the molecule is C[C@@H](C(=O)Cc1cc2cc(-c3cnn(C)c3)ccc2nn1)N1CCCC1. The van der Waals surface area contributed by atoms with Gasteiger partial charge in [0.1, 0.15) is 0 Å². The van der Waals surface area contributed by atoms with Crippen LogP contribution in [0.15, 0.2) is 36.7 Å². The van der Waals surface area contributed by atoms with Crippen LogP contribution >= 0.6 is 0 Å². The van der Waals surface area contributed by atoms with Crippen molar-refractivity contribution in [3.05, 3.63) is 42.4 Å². The highest BCUT2D eigenvalue weighted by Gasteiger charge is 2.24. The van der Waals surface area contributed by atoms with Crippen molar-refractivity contribution in [1.82, 2.24) is 24.9 Å². The Morgan fingerprint density at radius 2 is 1.96 bits per heavy atom. The first kappa shape index (κ1) is 16.8. The number of rotatable bonds is 5. The molecule has 0 saturated carbocycles. The monoisotopic (exact) mass is 349 g/mol. The maximum Gasteiger partial charge on any atom is 0.155 e. The Balaban J connectivity index is 1.57. The molecule has 1 saturated heterocycles. The van der Waals surface area contributed by atoms with Gasteiger partial charge in [0.25, 0.3) is 0 Å². The number of aryl methyl sites for hydroxylation is 1. The van der Waals surface area contributed by atoms with Gasteiger partial charge in [0, 0.05) is 24.2 Å². The predicted molar refractivity (Wildman–Crippen MR) is 101 cm³/mol. The lowest BCUT2D eigenvalue weighted by atomic mass is 10.0. The molecule has 0 amide bonds. The number of ketones is 1. The van der Waals surface area contributed by atoms with Crippen LogP contribution in [0.2, 0.25) is 0 Å². The Hall–Kier alpha value is -2.60. The van der Waals surface area contributed by atoms with Crippen molar-refractivity contribution < 1.29 is 4.79 Å². The van der Waals surface area contributed by atoms with Crippen LogP contribution in [0.4, 0.5) is 0 Å². The normalized spacial score (nSPS) is 16.2. The smallest absolute Gasteiger partial charge is 0.155 e. The van der Waals surface area contributed by atoms with Crippen LogP contribution in [-0.2, 0) is 18.3 Å². The Kier molecular flexibility index (Phi) is 4.51. The Bertz CT molecular complexity index is 942. The number of aromatic nitrogens is 4. The summed E-state index contributed by atoms with van der Waals surface area (Å²) >= 11 is 0. The standard InChI is InChI=1S/C20H23N5O/c1-14(25-7-3-4-8-25)20(26)11-18-10-16-9-15(5-6-19(16)23-22-18)17-12-21-24(2)13-17/h5-6,9-10,12-14H,3-4,7-8,11H2,1-2H3/t14-/m0/s1. The van der Waals surface area contributed by atoms with E-state index in [-0.39, 0.29) is 11.8 Å². The van der Waals surface area contributed by atoms with E-state index in [0.717, 1.165) is 40.8 Å². The van der Waals surface area contributed by atoms with Crippen LogP contribution in [0.25, 0.3) is 22.0 Å². The van der Waals surface area contributed by atoms with Crippen LogP contribution in [-0.4, -0.2) is 49.8 Å². The lowest BCUT2D eigenvalue weighted by molar-refractivity contribution is -0.122. The molecule has 3 aromatic rings. The molecule has 6 nitrogen and oxygen atoms in total. The van der Waals surface area contributed by atoms with Gasteiger partial charge in [0.15, 0.2) is 5.78 Å². The van der Waals surface area contributed by atoms with E-state index in [4.69, 9.17) is 0 Å². The number of hydrogen-bond acceptors (Lipinski definition) is 5. The van der Waals surface area contributed by atoms with Gasteiger partial charge in [-0.15, -0.1) is 0 Å². The Morgan fingerprint density at radius 1 is 1.15 bits per heavy atom. The fraction of sp³-hybridized carbons (Fsp3) is 0.400. The number of hydrogen-bond donors (Lipinski definition) is 0. The van der Waals surface area contributed by atoms with Crippen molar-refractivity contribution in [1.29, 1.82) is 0 Å². The zero-order valence-corrected chi connectivity index (χ0v) is 15.2. The molecule has 3 heterocycles. The van der Waals surface area contributed by atoms with E-state index < -0.39 is 0 Å². The molecule has 26 heavy (non-hydrogen) atoms. The van der Waals surface area contributed by atoms with Gasteiger partial charge in [0.05, 0.1) is 29.9 Å². The fourth-order valence-electron chi connectivity index (χ4n) is 3.58. The summed E-state index contributed by atoms with van der Waals surface area (Å²) in [6.07, 6.45) is 6.53. The lowest BCUT2D eigenvalue weighted by Crippen LogP contribution is -2.37. The summed E-state index contributed by atoms with van der Waals surface area (Å²) in [6, 6.07) is 8.00. The highest BCUT2D eigenvalue weighted by Crippen LogP contribution is 2.23. The summed E-state index contributed by atoms with van der Waals surface area (Å²) < 4.78 is 1.79. The van der Waals surface area contributed by atoms with Gasteiger partial charge < -0.3 is 0 Å². The van der Waals surface area contributed by atoms with Crippen molar-refractivity contribution in [2.75, 3.05) is 13.1 Å². The summed E-state index contributed by atoms with van der Waals surface area (Å²) in [5, 5.41) is 13.8. The quantitative estimate of drug-likeness (QED) is 0.708. The summed E-state index contributed by atoms with van der Waals surface area (Å²) in [4.78, 5) is 14.9. The minimum absolute atomic E-state index is 0.0447. The van der Waals surface area contributed by atoms with Crippen molar-refractivity contribution >= 4 is 16.7 Å². The number of likely N-dealkylation sites (tertiary alicyclic amines) is 1. The molecule has 2 aromatic heterocycles. The minimum Gasteiger partial charge on any atom is -0.298 e. The van der Waals surface area contributed by atoms with Gasteiger partial charge >= 0.3 is 0 Å². The minimum atomic E-state index is -0.0447. The lowest BCUT2D eigenvalue weighted by Gasteiger charge is -2.22. The third-order valence-electron chi connectivity index (χ3n) is 5.18. The molecule has 1 aromatic carbocycles. The van der Waals surface area contributed by atoms with Crippen LogP contribution in [0.3, 0.4) is 0 Å². The molecule has 1 fully saturated rings. The van der Waals surface area contributed by atoms with Crippen LogP contribution in [0.1, 0.15) is 25.5 Å². The molecule has 4 rings (SSSR count). The van der Waals surface area contributed by atoms with Crippen LogP contribution < -0.4 is 0 Å². The van der Waals surface area contributed by atoms with Gasteiger partial charge in [-0.1, -0.05) is 6.07 Å². The van der Waals surface area contributed by atoms with Crippen LogP contribution in [0.5, 0.6) is 0 Å². The molecule has 134 valence electrons. The first-order chi connectivity index (χ1) is 12.6. The number of benzene rings is 1. The average Bonchev–Trinajstić information content (AvgIpc) is 3.32. The molecule has 6 heteroatoms. The number of carbonyl (C=O) groups excluding carboxylic acids is 1. The Labute approximate surface area is 152 Å². The molecule has 1 aliphatic heterocycles. The van der Waals surface area contributed by atoms with E-state index in [1.807, 2.05) is 44.6 Å². The van der Waals surface area contributed by atoms with Gasteiger partial charge in [-0.2, -0.15) is 15.3 Å². The third kappa shape index (κ3) is 3.37. The zero-order chi connectivity index (χ0) is 18.1. The van der Waals surface area contributed by atoms with E-state index in [2.05, 4.69) is 26.3 Å². The second-order valence-corrected chi connectivity index (χ2v) is 7.07. The van der Waals surface area contributed by atoms with E-state index in [9.17, 15) is 4.79 Å². The van der Waals surface area contributed by atoms with Gasteiger partial charge in [-0.05, 0) is 56.6 Å². The summed E-state index contributed by atoms with van der Waals surface area (Å²) in [5.41, 5.74) is 3.71. The summed E-state index contributed by atoms with van der Waals surface area (Å²) in [7, 11) is 1.90. The van der Waals surface area contributed by atoms with E-state index >= 15 is 0 Å². The molecule has 0 bridgehead atoms. The van der Waals surface area contributed by atoms with E-state index in [1.165, 1.54) is 12.8 Å². The molecule has 0 aliphatic carbocycles. The largest absolute Gasteiger partial charge is 0.298 e. The number of Topliss-reactive ketones (excluding diaryl/α,β-unsaturated/α-hetero) is 1. The molecule has 0 unspecified atom stereocenters. The van der Waals surface area contributed by atoms with Gasteiger partial charge in [-0.25, -0.2) is 0 Å². The van der Waals surface area contributed by atoms with E-state index in [0.29, 0.717) is 6.42 Å². The van der Waals surface area contributed by atoms with Crippen molar-refractivity contribution in [2.45, 2.75) is 32.2 Å². The average molecular weight is 349 g/mol. The van der Waals surface area contributed by atoms with Crippen molar-refractivity contribution in [3.63, 3.8) is 0 Å². The zero-order valence-electron chi connectivity index (χ0n) is 15.2. The number of nitrogens with zero attached hydrogens (tertiary/aromatic N) is 5. The first-order valence-electron chi connectivity index (χ1n) is 9.12. The summed E-state index contributed by atoms with van der Waals surface area (Å²) in [5.74, 6) is 0.212. The predicted octanol–water partition coefficient (Wildman–Crippen LogP) is 2.63. The van der Waals surface area contributed by atoms with E-state index in [1.54, 1.807) is 4.68 Å². The number of fused-ring (bicyclic) bond motifs is 1. The van der Waals surface area contributed by atoms with Gasteiger partial charge in [0.2, 0.25) is 0 Å². The molecule has 1 atom stereocenters.